The van der Waals surface area contributed by atoms with E-state index in [1.165, 1.54) is 23.5 Å². The molecule has 0 aliphatic rings. The molecule has 0 atom stereocenters. The first kappa shape index (κ1) is 13.3. The third kappa shape index (κ3) is 2.62. The van der Waals surface area contributed by atoms with Crippen LogP contribution in [-0.4, -0.2) is 5.91 Å². The normalized spacial score (nSPS) is 10.3. The molecule has 0 saturated carbocycles. The lowest BCUT2D eigenvalue weighted by atomic mass is 10.2. The van der Waals surface area contributed by atoms with Crippen molar-refractivity contribution in [3.05, 3.63) is 64.8 Å². The monoisotopic (exact) mass is 296 g/mol. The van der Waals surface area contributed by atoms with Crippen molar-refractivity contribution in [2.75, 3.05) is 5.32 Å². The van der Waals surface area contributed by atoms with Gasteiger partial charge in [0.1, 0.15) is 11.9 Å². The molecule has 0 aliphatic carbocycles. The van der Waals surface area contributed by atoms with Gasteiger partial charge in [-0.1, -0.05) is 18.2 Å². The maximum Gasteiger partial charge on any atom is 0.265 e. The van der Waals surface area contributed by atoms with E-state index in [2.05, 4.69) is 5.32 Å². The lowest BCUT2D eigenvalue weighted by Gasteiger charge is -2.04. The van der Waals surface area contributed by atoms with Gasteiger partial charge in [0.25, 0.3) is 5.91 Å². The van der Waals surface area contributed by atoms with Crippen LogP contribution in [0.5, 0.6) is 0 Å². The molecule has 0 saturated heterocycles. The number of nitrogens with zero attached hydrogens (tertiary/aromatic N) is 1. The van der Waals surface area contributed by atoms with Gasteiger partial charge in [0.05, 0.1) is 16.1 Å². The minimum absolute atomic E-state index is 0.306. The second kappa shape index (κ2) is 5.35. The molecule has 2 aromatic carbocycles. The van der Waals surface area contributed by atoms with Gasteiger partial charge in [-0.05, 0) is 35.7 Å². The highest BCUT2D eigenvalue weighted by Crippen LogP contribution is 2.27. The van der Waals surface area contributed by atoms with Gasteiger partial charge < -0.3 is 5.32 Å². The summed E-state index contributed by atoms with van der Waals surface area (Å²) in [5.74, 6) is -0.634. The highest BCUT2D eigenvalue weighted by Gasteiger charge is 2.12. The summed E-state index contributed by atoms with van der Waals surface area (Å²) in [6.45, 7) is 0. The Morgan fingerprint density at radius 2 is 2.00 bits per heavy atom. The number of thiophene rings is 1. The number of nitrogens with one attached hydrogen (secondary N) is 1. The summed E-state index contributed by atoms with van der Waals surface area (Å²) in [4.78, 5) is 12.7. The first-order chi connectivity index (χ1) is 10.2. The highest BCUT2D eigenvalue weighted by molar-refractivity contribution is 7.20. The molecule has 0 spiro atoms. The van der Waals surface area contributed by atoms with Crippen molar-refractivity contribution in [3.8, 4) is 6.07 Å². The summed E-state index contributed by atoms with van der Waals surface area (Å²) >= 11 is 1.22. The molecule has 1 amide bonds. The molecule has 0 bridgehead atoms. The molecule has 1 heterocycles. The summed E-state index contributed by atoms with van der Waals surface area (Å²) in [6.07, 6.45) is 0. The first-order valence-corrected chi connectivity index (χ1v) is 6.98. The summed E-state index contributed by atoms with van der Waals surface area (Å²) in [6, 6.07) is 14.9. The fourth-order valence-electron chi connectivity index (χ4n) is 1.99. The second-order valence-corrected chi connectivity index (χ2v) is 5.49. The van der Waals surface area contributed by atoms with Gasteiger partial charge >= 0.3 is 0 Å². The molecule has 0 radical (unpaired) electrons. The zero-order valence-electron chi connectivity index (χ0n) is 10.8. The molecule has 0 fully saturated rings. The van der Waals surface area contributed by atoms with E-state index in [-0.39, 0.29) is 11.7 Å². The number of rotatable bonds is 2. The van der Waals surface area contributed by atoms with Gasteiger partial charge in [-0.15, -0.1) is 11.3 Å². The Morgan fingerprint density at radius 1 is 1.19 bits per heavy atom. The van der Waals surface area contributed by atoms with Crippen LogP contribution in [0.1, 0.15) is 15.2 Å². The highest BCUT2D eigenvalue weighted by atomic mass is 32.1. The van der Waals surface area contributed by atoms with Crippen LogP contribution in [-0.2, 0) is 0 Å². The van der Waals surface area contributed by atoms with Crippen molar-refractivity contribution in [2.45, 2.75) is 0 Å². The Hall–Kier alpha value is -2.71. The van der Waals surface area contributed by atoms with Gasteiger partial charge in [0, 0.05) is 4.70 Å². The minimum atomic E-state index is -0.328. The van der Waals surface area contributed by atoms with Crippen molar-refractivity contribution in [1.82, 2.24) is 0 Å². The minimum Gasteiger partial charge on any atom is -0.320 e. The molecule has 0 aliphatic heterocycles. The molecule has 3 aromatic rings. The molecule has 21 heavy (non-hydrogen) atoms. The number of halogens is 1. The molecule has 1 N–H and O–H groups in total. The number of amides is 1. The molecular weight excluding hydrogens is 287 g/mol. The van der Waals surface area contributed by atoms with Gasteiger partial charge in [-0.3, -0.25) is 4.79 Å². The molecule has 3 nitrogen and oxygen atoms in total. The average molecular weight is 296 g/mol. The third-order valence-electron chi connectivity index (χ3n) is 3.00. The Balaban J connectivity index is 1.92. The number of carbonyl (C=O) groups excluding carboxylic acids is 1. The number of nitriles is 1. The number of fused-ring (bicyclic) bond motifs is 1. The van der Waals surface area contributed by atoms with E-state index in [1.54, 1.807) is 36.4 Å². The van der Waals surface area contributed by atoms with E-state index < -0.39 is 0 Å². The number of carbonyl (C=O) groups is 1. The Morgan fingerprint density at radius 3 is 2.81 bits per heavy atom. The number of hydrogen-bond acceptors (Lipinski definition) is 3. The molecule has 1 aromatic heterocycles. The molecule has 3 rings (SSSR count). The van der Waals surface area contributed by atoms with E-state index in [1.807, 2.05) is 6.07 Å². The van der Waals surface area contributed by atoms with Crippen molar-refractivity contribution < 1.29 is 9.18 Å². The van der Waals surface area contributed by atoms with Crippen LogP contribution in [0.4, 0.5) is 10.1 Å². The number of anilines is 1. The Labute approximate surface area is 124 Å². The van der Waals surface area contributed by atoms with Crippen LogP contribution in [0.25, 0.3) is 10.1 Å². The number of para-hydroxylation sites is 1. The topological polar surface area (TPSA) is 52.9 Å². The number of hydrogen-bond donors (Lipinski definition) is 1. The van der Waals surface area contributed by atoms with E-state index in [0.29, 0.717) is 20.8 Å². The summed E-state index contributed by atoms with van der Waals surface area (Å²) in [5, 5.41) is 12.5. The van der Waals surface area contributed by atoms with Crippen LogP contribution in [0.15, 0.2) is 48.5 Å². The summed E-state index contributed by atoms with van der Waals surface area (Å²) in [5.41, 5.74) is 0.867. The molecule has 102 valence electrons. The van der Waals surface area contributed by atoms with Crippen molar-refractivity contribution >= 4 is 33.0 Å². The van der Waals surface area contributed by atoms with Crippen molar-refractivity contribution in [2.24, 2.45) is 0 Å². The van der Waals surface area contributed by atoms with E-state index in [0.717, 1.165) is 5.39 Å². The quantitative estimate of drug-likeness (QED) is 0.771. The van der Waals surface area contributed by atoms with Crippen molar-refractivity contribution in [3.63, 3.8) is 0 Å². The van der Waals surface area contributed by atoms with E-state index in [9.17, 15) is 9.18 Å². The van der Waals surface area contributed by atoms with Crippen molar-refractivity contribution in [1.29, 1.82) is 5.26 Å². The zero-order chi connectivity index (χ0) is 14.8. The zero-order valence-corrected chi connectivity index (χ0v) is 11.6. The van der Waals surface area contributed by atoms with Crippen LogP contribution >= 0.6 is 11.3 Å². The second-order valence-electron chi connectivity index (χ2n) is 4.40. The van der Waals surface area contributed by atoms with Gasteiger partial charge in [-0.2, -0.15) is 5.26 Å². The maximum atomic E-state index is 13.2. The number of benzene rings is 2. The summed E-state index contributed by atoms with van der Waals surface area (Å²) < 4.78 is 13.9. The first-order valence-electron chi connectivity index (χ1n) is 6.17. The predicted octanol–water partition coefficient (Wildman–Crippen LogP) is 4.16. The van der Waals surface area contributed by atoms with Crippen LogP contribution < -0.4 is 5.32 Å². The predicted molar refractivity (Wildman–Crippen MR) is 80.9 cm³/mol. The van der Waals surface area contributed by atoms with Crippen LogP contribution in [0.2, 0.25) is 0 Å². The summed E-state index contributed by atoms with van der Waals surface area (Å²) in [7, 11) is 0. The maximum absolute atomic E-state index is 13.2. The molecular formula is C16H9FN2OS. The van der Waals surface area contributed by atoms with Gasteiger partial charge in [-0.25, -0.2) is 4.39 Å². The smallest absolute Gasteiger partial charge is 0.265 e. The van der Waals surface area contributed by atoms with Crippen LogP contribution in [0.3, 0.4) is 0 Å². The van der Waals surface area contributed by atoms with Gasteiger partial charge in [0.2, 0.25) is 0 Å². The van der Waals surface area contributed by atoms with Gasteiger partial charge in [0.15, 0.2) is 0 Å². The fraction of sp³-hybridized carbons (Fsp3) is 0. The van der Waals surface area contributed by atoms with E-state index in [4.69, 9.17) is 5.26 Å². The third-order valence-corrected chi connectivity index (χ3v) is 4.10. The Bertz CT molecular complexity index is 879. The fourth-order valence-corrected chi connectivity index (χ4v) is 2.97. The van der Waals surface area contributed by atoms with Crippen LogP contribution in [0, 0.1) is 17.1 Å². The Kier molecular flexibility index (Phi) is 3.38. The largest absolute Gasteiger partial charge is 0.320 e. The lowest BCUT2D eigenvalue weighted by molar-refractivity contribution is 0.103. The average Bonchev–Trinajstić information content (AvgIpc) is 2.91. The van der Waals surface area contributed by atoms with E-state index >= 15 is 0 Å². The standard InChI is InChI=1S/C16H9FN2OS/c17-12-6-5-10-7-15(21-14(10)8-12)16(20)19-13-4-2-1-3-11(13)9-18/h1-8H,(H,19,20). The molecule has 5 heteroatoms. The lowest BCUT2D eigenvalue weighted by Crippen LogP contribution is -2.11. The molecule has 0 unspecified atom stereocenters. The SMILES string of the molecule is N#Cc1ccccc1NC(=O)c1cc2ccc(F)cc2s1.